The molecule has 2 N–H and O–H groups in total. The van der Waals surface area contributed by atoms with Crippen LogP contribution in [0, 0.1) is 0 Å². The maximum atomic E-state index is 10.7. The van der Waals surface area contributed by atoms with Crippen molar-refractivity contribution in [1.29, 1.82) is 0 Å². The van der Waals surface area contributed by atoms with Crippen molar-refractivity contribution in [2.24, 2.45) is 0 Å². The lowest BCUT2D eigenvalue weighted by molar-refractivity contribution is 0.117. The van der Waals surface area contributed by atoms with Crippen LogP contribution in [0.25, 0.3) is 0 Å². The molecule has 18 heavy (non-hydrogen) atoms. The lowest BCUT2D eigenvalue weighted by Crippen LogP contribution is -2.47. The van der Waals surface area contributed by atoms with Crippen molar-refractivity contribution in [2.45, 2.75) is 76.7 Å². The van der Waals surface area contributed by atoms with E-state index in [1.165, 1.54) is 0 Å². The predicted octanol–water partition coefficient (Wildman–Crippen LogP) is 3.59. The molecule has 4 nitrogen and oxygen atoms in total. The van der Waals surface area contributed by atoms with Crippen LogP contribution in [0.1, 0.15) is 46.5 Å². The first-order chi connectivity index (χ1) is 8.12. The highest BCUT2D eigenvalue weighted by atomic mass is 28.4. The minimum Gasteiger partial charge on any atom is -0.465 e. The predicted molar refractivity (Wildman–Crippen MR) is 75.5 cm³/mol. The van der Waals surface area contributed by atoms with Crippen molar-refractivity contribution in [3.05, 3.63) is 0 Å². The summed E-state index contributed by atoms with van der Waals surface area (Å²) in [6, 6.07) is 0.0611. The summed E-state index contributed by atoms with van der Waals surface area (Å²) in [6.45, 7) is 11.2. The summed E-state index contributed by atoms with van der Waals surface area (Å²) >= 11 is 0. The number of hydrogen-bond acceptors (Lipinski definition) is 2. The van der Waals surface area contributed by atoms with Crippen molar-refractivity contribution < 1.29 is 14.3 Å². The van der Waals surface area contributed by atoms with Gasteiger partial charge in [-0.2, -0.15) is 0 Å². The fourth-order valence-electron chi connectivity index (χ4n) is 2.15. The monoisotopic (exact) mass is 273 g/mol. The van der Waals surface area contributed by atoms with Crippen molar-refractivity contribution in [3.8, 4) is 0 Å². The van der Waals surface area contributed by atoms with E-state index in [0.717, 1.165) is 25.7 Å². The van der Waals surface area contributed by atoms with E-state index in [2.05, 4.69) is 39.2 Å². The first kappa shape index (κ1) is 15.5. The van der Waals surface area contributed by atoms with E-state index in [1.54, 1.807) is 0 Å². The van der Waals surface area contributed by atoms with Crippen molar-refractivity contribution in [2.75, 3.05) is 0 Å². The van der Waals surface area contributed by atoms with Crippen LogP contribution in [-0.4, -0.2) is 31.7 Å². The van der Waals surface area contributed by atoms with E-state index in [0.29, 0.717) is 0 Å². The molecule has 0 aromatic heterocycles. The van der Waals surface area contributed by atoms with Gasteiger partial charge in [0.05, 0.1) is 0 Å². The molecule has 1 saturated carbocycles. The molecule has 5 heteroatoms. The Kier molecular flexibility index (Phi) is 4.83. The molecule has 1 fully saturated rings. The summed E-state index contributed by atoms with van der Waals surface area (Å²) in [5.41, 5.74) is 0. The molecule has 0 aromatic carbocycles. The Hall–Kier alpha value is -0.553. The molecular weight excluding hydrogens is 246 g/mol. The van der Waals surface area contributed by atoms with E-state index in [9.17, 15) is 4.79 Å². The summed E-state index contributed by atoms with van der Waals surface area (Å²) in [4.78, 5) is 10.7. The number of hydrogen-bond donors (Lipinski definition) is 2. The smallest absolute Gasteiger partial charge is 0.404 e. The molecule has 0 heterocycles. The molecule has 0 radical (unpaired) electrons. The SMILES string of the molecule is CC(C)(C)[Si](C)(C)OC1CCCC(NC(=O)O)C1. The summed E-state index contributed by atoms with van der Waals surface area (Å²) < 4.78 is 6.36. The average Bonchev–Trinajstić information content (AvgIpc) is 2.14. The normalized spacial score (nSPS) is 25.8. The zero-order valence-corrected chi connectivity index (χ0v) is 13.2. The zero-order valence-electron chi connectivity index (χ0n) is 12.2. The van der Waals surface area contributed by atoms with E-state index < -0.39 is 14.4 Å². The maximum absolute atomic E-state index is 10.7. The molecule has 0 bridgehead atoms. The zero-order chi connectivity index (χ0) is 14.0. The van der Waals surface area contributed by atoms with Crippen LogP contribution < -0.4 is 5.32 Å². The second-order valence-corrected chi connectivity index (χ2v) is 11.6. The lowest BCUT2D eigenvalue weighted by Gasteiger charge is -2.41. The first-order valence-corrected chi connectivity index (χ1v) is 9.70. The molecule has 1 amide bonds. The molecule has 0 aliphatic heterocycles. The van der Waals surface area contributed by atoms with Gasteiger partial charge in [-0.1, -0.05) is 20.8 Å². The molecule has 2 unspecified atom stereocenters. The van der Waals surface area contributed by atoms with E-state index in [1.807, 2.05) is 0 Å². The van der Waals surface area contributed by atoms with Gasteiger partial charge in [-0.05, 0) is 43.8 Å². The average molecular weight is 273 g/mol. The van der Waals surface area contributed by atoms with Gasteiger partial charge in [0, 0.05) is 12.1 Å². The van der Waals surface area contributed by atoms with Crippen molar-refractivity contribution in [3.63, 3.8) is 0 Å². The van der Waals surface area contributed by atoms with Crippen LogP contribution in [0.3, 0.4) is 0 Å². The Morgan fingerprint density at radius 1 is 1.33 bits per heavy atom. The minimum atomic E-state index is -1.74. The molecule has 1 aliphatic rings. The third-order valence-corrected chi connectivity index (χ3v) is 8.76. The van der Waals surface area contributed by atoms with Gasteiger partial charge in [-0.25, -0.2) is 4.79 Å². The Morgan fingerprint density at radius 2 is 1.94 bits per heavy atom. The molecule has 106 valence electrons. The van der Waals surface area contributed by atoms with Gasteiger partial charge in [0.2, 0.25) is 0 Å². The number of amides is 1. The Morgan fingerprint density at radius 3 is 2.44 bits per heavy atom. The first-order valence-electron chi connectivity index (χ1n) is 6.79. The summed E-state index contributed by atoms with van der Waals surface area (Å²) in [6.07, 6.45) is 3.15. The van der Waals surface area contributed by atoms with E-state index in [4.69, 9.17) is 9.53 Å². The molecule has 0 aromatic rings. The van der Waals surface area contributed by atoms with Gasteiger partial charge in [0.1, 0.15) is 0 Å². The maximum Gasteiger partial charge on any atom is 0.404 e. The fraction of sp³-hybridized carbons (Fsp3) is 0.923. The summed E-state index contributed by atoms with van der Waals surface area (Å²) in [5.74, 6) is 0. The van der Waals surface area contributed by atoms with Crippen LogP contribution in [0.2, 0.25) is 18.1 Å². The largest absolute Gasteiger partial charge is 0.465 e. The molecule has 0 saturated heterocycles. The van der Waals surface area contributed by atoms with Crippen LogP contribution >= 0.6 is 0 Å². The Bertz CT molecular complexity index is 299. The molecule has 0 spiro atoms. The third kappa shape index (κ3) is 4.28. The van der Waals surface area contributed by atoms with Gasteiger partial charge in [-0.15, -0.1) is 0 Å². The summed E-state index contributed by atoms with van der Waals surface area (Å²) in [5, 5.41) is 11.6. The van der Waals surface area contributed by atoms with Gasteiger partial charge < -0.3 is 14.8 Å². The quantitative estimate of drug-likeness (QED) is 0.773. The van der Waals surface area contributed by atoms with Crippen molar-refractivity contribution in [1.82, 2.24) is 5.32 Å². The Labute approximate surface area is 111 Å². The van der Waals surface area contributed by atoms with Gasteiger partial charge >= 0.3 is 6.09 Å². The van der Waals surface area contributed by atoms with Gasteiger partial charge in [0.25, 0.3) is 0 Å². The fourth-order valence-corrected chi connectivity index (χ4v) is 3.55. The highest BCUT2D eigenvalue weighted by Crippen LogP contribution is 2.39. The second-order valence-electron chi connectivity index (χ2n) is 6.81. The summed E-state index contributed by atoms with van der Waals surface area (Å²) in [7, 11) is -1.74. The number of carboxylic acid groups (broad SMARTS) is 1. The second kappa shape index (κ2) is 5.61. The van der Waals surface area contributed by atoms with Gasteiger partial charge in [-0.3, -0.25) is 0 Å². The highest BCUT2D eigenvalue weighted by molar-refractivity contribution is 6.74. The number of carbonyl (C=O) groups is 1. The number of rotatable bonds is 3. The molecule has 1 aliphatic carbocycles. The van der Waals surface area contributed by atoms with Crippen LogP contribution in [0.5, 0.6) is 0 Å². The third-order valence-electron chi connectivity index (χ3n) is 4.22. The van der Waals surface area contributed by atoms with Crippen LogP contribution in [-0.2, 0) is 4.43 Å². The van der Waals surface area contributed by atoms with E-state index in [-0.39, 0.29) is 17.2 Å². The topological polar surface area (TPSA) is 58.6 Å². The van der Waals surface area contributed by atoms with E-state index >= 15 is 0 Å². The highest BCUT2D eigenvalue weighted by Gasteiger charge is 2.40. The standard InChI is InChI=1S/C13H27NO3Si/c1-13(2,3)18(4,5)17-11-8-6-7-10(9-11)14-12(15)16/h10-11,14H,6-9H2,1-5H3,(H,15,16). The van der Waals surface area contributed by atoms with Crippen LogP contribution in [0.4, 0.5) is 4.79 Å². The number of nitrogens with one attached hydrogen (secondary N) is 1. The molecule has 1 rings (SSSR count). The molecular formula is C13H27NO3Si. The van der Waals surface area contributed by atoms with Crippen molar-refractivity contribution >= 4 is 14.4 Å². The minimum absolute atomic E-state index is 0.0611. The van der Waals surface area contributed by atoms with Crippen LogP contribution in [0.15, 0.2) is 0 Å². The Balaban J connectivity index is 2.55. The van der Waals surface area contributed by atoms with Gasteiger partial charge in [0.15, 0.2) is 8.32 Å². The lowest BCUT2D eigenvalue weighted by atomic mass is 9.93. The molecule has 2 atom stereocenters.